The lowest BCUT2D eigenvalue weighted by molar-refractivity contribution is -0.144. The third-order valence-electron chi connectivity index (χ3n) is 2.05. The average molecular weight is 329 g/mol. The molecule has 0 unspecified atom stereocenters. The van der Waals surface area contributed by atoms with Crippen LogP contribution in [0.15, 0.2) is 0 Å². The Kier molecular flexibility index (Phi) is 10.7. The summed E-state index contributed by atoms with van der Waals surface area (Å²) in [5, 5.41) is 8.74. The van der Waals surface area contributed by atoms with Gasteiger partial charge in [-0.1, -0.05) is 29.5 Å². The predicted octanol–water partition coefficient (Wildman–Crippen LogP) is 1.06. The summed E-state index contributed by atoms with van der Waals surface area (Å²) in [6.45, 7) is 4.80. The zero-order valence-electron chi connectivity index (χ0n) is 9.25. The molecule has 0 aliphatic heterocycles. The minimum Gasteiger partial charge on any atom is -0.464 e. The molecule has 1 N–H and O–H groups in total. The molecular formula is C10H20INO3. The van der Waals surface area contributed by atoms with Crippen LogP contribution in [0.25, 0.3) is 0 Å². The van der Waals surface area contributed by atoms with Gasteiger partial charge in [-0.2, -0.15) is 0 Å². The summed E-state index contributed by atoms with van der Waals surface area (Å²) in [6, 6.07) is 0. The van der Waals surface area contributed by atoms with E-state index in [2.05, 4.69) is 22.6 Å². The number of carbonyl (C=O) groups excluding carboxylic acids is 1. The van der Waals surface area contributed by atoms with Crippen molar-refractivity contribution in [2.75, 3.05) is 37.3 Å². The van der Waals surface area contributed by atoms with Gasteiger partial charge in [0, 0.05) is 23.9 Å². The molecule has 0 saturated carbocycles. The Balaban J connectivity index is 3.45. The molecule has 0 saturated heterocycles. The van der Waals surface area contributed by atoms with E-state index < -0.39 is 0 Å². The van der Waals surface area contributed by atoms with Crippen molar-refractivity contribution in [2.24, 2.45) is 0 Å². The number of esters is 1. The van der Waals surface area contributed by atoms with Gasteiger partial charge in [-0.15, -0.1) is 0 Å². The van der Waals surface area contributed by atoms with Gasteiger partial charge in [0.15, 0.2) is 0 Å². The van der Waals surface area contributed by atoms with Crippen LogP contribution in [0.5, 0.6) is 0 Å². The molecule has 0 amide bonds. The van der Waals surface area contributed by atoms with E-state index in [4.69, 9.17) is 9.84 Å². The number of likely N-dealkylation sites (N-methyl/N-ethyl adjacent to an activating group) is 1. The van der Waals surface area contributed by atoms with E-state index in [0.29, 0.717) is 26.1 Å². The predicted molar refractivity (Wildman–Crippen MR) is 68.3 cm³/mol. The molecule has 0 aromatic rings. The Morgan fingerprint density at radius 3 is 2.73 bits per heavy atom. The Hall–Kier alpha value is 0.120. The number of aliphatic hydroxyl groups is 1. The van der Waals surface area contributed by atoms with Crippen molar-refractivity contribution in [2.45, 2.75) is 19.8 Å². The van der Waals surface area contributed by atoms with Gasteiger partial charge in [0.2, 0.25) is 0 Å². The lowest BCUT2D eigenvalue weighted by Gasteiger charge is -2.18. The maximum absolute atomic E-state index is 11.1. The molecule has 0 heterocycles. The largest absolute Gasteiger partial charge is 0.464 e. The molecule has 0 aromatic carbocycles. The van der Waals surface area contributed by atoms with Crippen LogP contribution in [0.2, 0.25) is 0 Å². The van der Waals surface area contributed by atoms with Gasteiger partial charge < -0.3 is 9.84 Å². The zero-order valence-corrected chi connectivity index (χ0v) is 11.4. The minimum absolute atomic E-state index is 0.119. The van der Waals surface area contributed by atoms with Gasteiger partial charge in [-0.05, 0) is 13.0 Å². The Morgan fingerprint density at radius 2 is 2.20 bits per heavy atom. The highest BCUT2D eigenvalue weighted by Crippen LogP contribution is 1.97. The maximum Gasteiger partial charge on any atom is 0.305 e. The first-order valence-corrected chi connectivity index (χ1v) is 6.82. The molecule has 0 bridgehead atoms. The van der Waals surface area contributed by atoms with Crippen LogP contribution in [-0.4, -0.2) is 53.3 Å². The number of rotatable bonds is 9. The summed E-state index contributed by atoms with van der Waals surface area (Å²) >= 11 is 2.24. The Morgan fingerprint density at radius 1 is 1.47 bits per heavy atom. The van der Waals surface area contributed by atoms with Crippen LogP contribution < -0.4 is 0 Å². The highest BCUT2D eigenvalue weighted by molar-refractivity contribution is 14.1. The Bertz CT molecular complexity index is 167. The number of hydrogen-bond donors (Lipinski definition) is 1. The number of halogens is 1. The van der Waals surface area contributed by atoms with E-state index >= 15 is 0 Å². The fraction of sp³-hybridized carbons (Fsp3) is 0.900. The molecule has 0 aliphatic carbocycles. The van der Waals surface area contributed by atoms with Gasteiger partial charge in [-0.3, -0.25) is 9.69 Å². The molecule has 0 radical (unpaired) electrons. The summed E-state index contributed by atoms with van der Waals surface area (Å²) in [7, 11) is 0. The second-order valence-electron chi connectivity index (χ2n) is 3.17. The summed E-state index contributed by atoms with van der Waals surface area (Å²) in [5.74, 6) is -0.119. The Labute approximate surface area is 105 Å². The van der Waals surface area contributed by atoms with Crippen LogP contribution >= 0.6 is 22.6 Å². The first-order chi connectivity index (χ1) is 7.24. The van der Waals surface area contributed by atoms with Gasteiger partial charge in [0.05, 0.1) is 6.61 Å². The molecule has 0 spiro atoms. The van der Waals surface area contributed by atoms with Gasteiger partial charge in [0.25, 0.3) is 0 Å². The number of hydrogen-bond acceptors (Lipinski definition) is 4. The van der Waals surface area contributed by atoms with Gasteiger partial charge in [0.1, 0.15) is 6.61 Å². The monoisotopic (exact) mass is 329 g/mol. The summed E-state index contributed by atoms with van der Waals surface area (Å²) in [6.07, 6.45) is 1.39. The van der Waals surface area contributed by atoms with Crippen LogP contribution in [0.4, 0.5) is 0 Å². The zero-order chi connectivity index (χ0) is 11.5. The summed E-state index contributed by atoms with van der Waals surface area (Å²) in [5.41, 5.74) is 0. The molecule has 4 nitrogen and oxygen atoms in total. The SMILES string of the molecule is CCN(CCO)CCOC(=O)CCCI. The van der Waals surface area contributed by atoms with Crippen LogP contribution in [-0.2, 0) is 9.53 Å². The van der Waals surface area contributed by atoms with Crippen molar-refractivity contribution < 1.29 is 14.6 Å². The third-order valence-corrected chi connectivity index (χ3v) is 2.81. The summed E-state index contributed by atoms with van der Waals surface area (Å²) < 4.78 is 6.04. The van der Waals surface area contributed by atoms with Gasteiger partial charge in [-0.25, -0.2) is 0 Å². The minimum atomic E-state index is -0.119. The molecule has 0 aromatic heterocycles. The van der Waals surface area contributed by atoms with E-state index in [1.165, 1.54) is 0 Å². The third kappa shape index (κ3) is 9.07. The molecule has 0 rings (SSSR count). The van der Waals surface area contributed by atoms with E-state index in [1.54, 1.807) is 0 Å². The van der Waals surface area contributed by atoms with E-state index in [0.717, 1.165) is 17.4 Å². The van der Waals surface area contributed by atoms with Crippen molar-refractivity contribution >= 4 is 28.6 Å². The molecule has 90 valence electrons. The first kappa shape index (κ1) is 15.1. The number of nitrogens with zero attached hydrogens (tertiary/aromatic N) is 1. The average Bonchev–Trinajstić information content (AvgIpc) is 2.25. The molecule has 5 heteroatoms. The summed E-state index contributed by atoms with van der Waals surface area (Å²) in [4.78, 5) is 13.2. The molecule has 0 fully saturated rings. The van der Waals surface area contributed by atoms with Gasteiger partial charge >= 0.3 is 5.97 Å². The number of ether oxygens (including phenoxy) is 1. The smallest absolute Gasteiger partial charge is 0.305 e. The van der Waals surface area contributed by atoms with Crippen molar-refractivity contribution in [1.82, 2.24) is 4.90 Å². The fourth-order valence-electron chi connectivity index (χ4n) is 1.14. The second-order valence-corrected chi connectivity index (χ2v) is 4.25. The van der Waals surface area contributed by atoms with E-state index in [1.807, 2.05) is 11.8 Å². The van der Waals surface area contributed by atoms with Crippen LogP contribution in [0.1, 0.15) is 19.8 Å². The topological polar surface area (TPSA) is 49.8 Å². The van der Waals surface area contributed by atoms with Crippen molar-refractivity contribution in [3.63, 3.8) is 0 Å². The van der Waals surface area contributed by atoms with Crippen molar-refractivity contribution in [3.8, 4) is 0 Å². The van der Waals surface area contributed by atoms with Crippen molar-refractivity contribution in [1.29, 1.82) is 0 Å². The lowest BCUT2D eigenvalue weighted by Crippen LogP contribution is -2.30. The van der Waals surface area contributed by atoms with Crippen molar-refractivity contribution in [3.05, 3.63) is 0 Å². The number of alkyl halides is 1. The van der Waals surface area contributed by atoms with Crippen LogP contribution in [0, 0.1) is 0 Å². The van der Waals surface area contributed by atoms with E-state index in [9.17, 15) is 4.79 Å². The number of carbonyl (C=O) groups is 1. The number of aliphatic hydroxyl groups excluding tert-OH is 1. The van der Waals surface area contributed by atoms with Crippen LogP contribution in [0.3, 0.4) is 0 Å². The highest BCUT2D eigenvalue weighted by atomic mass is 127. The molecular weight excluding hydrogens is 309 g/mol. The molecule has 15 heavy (non-hydrogen) atoms. The fourth-order valence-corrected chi connectivity index (χ4v) is 1.52. The standard InChI is InChI=1S/C10H20INO3/c1-2-12(6-8-13)7-9-15-10(14)4-3-5-11/h13H,2-9H2,1H3. The highest BCUT2D eigenvalue weighted by Gasteiger charge is 2.04. The molecule has 0 atom stereocenters. The van der Waals surface area contributed by atoms with E-state index in [-0.39, 0.29) is 12.6 Å². The normalized spacial score (nSPS) is 10.7. The lowest BCUT2D eigenvalue weighted by atomic mass is 10.3. The molecule has 0 aliphatic rings. The quantitative estimate of drug-likeness (QED) is 0.390. The second kappa shape index (κ2) is 10.6. The maximum atomic E-state index is 11.1. The first-order valence-electron chi connectivity index (χ1n) is 5.29.